The van der Waals surface area contributed by atoms with Crippen molar-refractivity contribution < 1.29 is 32.5 Å². The van der Waals surface area contributed by atoms with E-state index in [-0.39, 0.29) is 0 Å². The van der Waals surface area contributed by atoms with Crippen molar-refractivity contribution in [2.75, 3.05) is 11.4 Å². The number of pyridine rings is 1. The van der Waals surface area contributed by atoms with E-state index in [1.807, 2.05) is 54.6 Å². The zero-order chi connectivity index (χ0) is 19.9. The molecule has 0 spiro atoms. The van der Waals surface area contributed by atoms with Gasteiger partial charge in [-0.05, 0) is 0 Å². The van der Waals surface area contributed by atoms with Gasteiger partial charge >= 0.3 is 180 Å². The van der Waals surface area contributed by atoms with Crippen molar-refractivity contribution in [2.24, 2.45) is 0 Å². The van der Waals surface area contributed by atoms with E-state index in [1.54, 1.807) is 0 Å². The minimum absolute atomic E-state index is 0.400. The molecule has 0 saturated heterocycles. The predicted octanol–water partition coefficient (Wildman–Crippen LogP) is 5.62. The van der Waals surface area contributed by atoms with Gasteiger partial charge in [0.2, 0.25) is 0 Å². The molecule has 142 valence electrons. The van der Waals surface area contributed by atoms with Gasteiger partial charge in [0.15, 0.2) is 0 Å². The van der Waals surface area contributed by atoms with Gasteiger partial charge in [0, 0.05) is 0 Å². The number of anilines is 1. The predicted molar refractivity (Wildman–Crippen MR) is 104 cm³/mol. The van der Waals surface area contributed by atoms with Crippen LogP contribution in [0.5, 0.6) is 0 Å². The van der Waals surface area contributed by atoms with E-state index in [1.165, 1.54) is 25.4 Å². The van der Waals surface area contributed by atoms with E-state index in [0.717, 1.165) is 19.7 Å². The molecule has 0 saturated carbocycles. The van der Waals surface area contributed by atoms with Crippen LogP contribution in [0.15, 0.2) is 65.1 Å². The number of rotatable bonds is 2. The molecular weight excluding hydrogens is 601 g/mol. The van der Waals surface area contributed by atoms with Crippen LogP contribution in [0.3, 0.4) is 0 Å². The first-order valence-corrected chi connectivity index (χ1v) is 10.8. The summed E-state index contributed by atoms with van der Waals surface area (Å²) in [5.41, 5.74) is 2.82. The Labute approximate surface area is 179 Å². The van der Waals surface area contributed by atoms with Crippen LogP contribution in [-0.2, 0) is 32.0 Å². The molecule has 2 heterocycles. The maximum atomic E-state index is 13.5. The van der Waals surface area contributed by atoms with Gasteiger partial charge in [-0.15, -0.1) is 0 Å². The molecule has 0 atom stereocenters. The zero-order valence-corrected chi connectivity index (χ0v) is 19.0. The Balaban J connectivity index is 1.88. The third kappa shape index (κ3) is 3.72. The molecule has 3 aromatic rings. The van der Waals surface area contributed by atoms with E-state index in [0.29, 0.717) is 29.8 Å². The molecule has 4 rings (SSSR count). The molecule has 7 heteroatoms. The second kappa shape index (κ2) is 7.56. The summed E-state index contributed by atoms with van der Waals surface area (Å²) in [7, 11) is 0. The zero-order valence-electron chi connectivity index (χ0n) is 14.5. The number of halogens is 4. The fourth-order valence-corrected chi connectivity index (χ4v) is 5.11. The molecule has 0 unspecified atom stereocenters. The number of hydrogen-bond donors (Lipinski definition) is 0. The average Bonchev–Trinajstić information content (AvgIpc) is 2.68. The number of hydrogen-bond acceptors (Lipinski definition) is 2. The summed E-state index contributed by atoms with van der Waals surface area (Å²) in [6.45, 7) is 0.642. The first kappa shape index (κ1) is 19.5. The van der Waals surface area contributed by atoms with Gasteiger partial charge < -0.3 is 0 Å². The van der Waals surface area contributed by atoms with Crippen LogP contribution in [0.1, 0.15) is 16.8 Å². The Bertz CT molecular complexity index is 1030. The quantitative estimate of drug-likeness (QED) is 0.373. The number of aromatic nitrogens is 1. The Hall–Kier alpha value is -1.78. The van der Waals surface area contributed by atoms with Crippen molar-refractivity contribution >= 4 is 25.6 Å². The summed E-state index contributed by atoms with van der Waals surface area (Å²) in [5.74, 6) is 0. The fraction of sp³-hybridized carbons (Fsp3) is 0.143. The third-order valence-corrected chi connectivity index (χ3v) is 6.69. The van der Waals surface area contributed by atoms with E-state index in [9.17, 15) is 13.2 Å². The van der Waals surface area contributed by atoms with Crippen molar-refractivity contribution in [1.82, 2.24) is 4.98 Å². The maximum absolute atomic E-state index is 13.5. The number of benzene rings is 2. The molecule has 1 aliphatic heterocycles. The number of alkyl halides is 3. The summed E-state index contributed by atoms with van der Waals surface area (Å²) >= 11 is 4.63. The summed E-state index contributed by atoms with van der Waals surface area (Å²) in [6.07, 6.45) is -3.93. The Morgan fingerprint density at radius 2 is 1.68 bits per heavy atom. The molecule has 1 aromatic heterocycles. The van der Waals surface area contributed by atoms with Crippen molar-refractivity contribution in [3.05, 3.63) is 82.0 Å². The minimum atomic E-state index is -4.47. The molecule has 0 radical (unpaired) electrons. The Kier molecular flexibility index (Phi) is 5.28. The molecule has 1 aliphatic rings. The molecule has 0 aliphatic carbocycles. The standard InChI is InChI=1S/C21H14BrF3N2.W/c22-16-6-8-17(9-7-16)27-11-10-15-12-19(21(23,24)25)26-20(18(15)13-27)14-4-2-1-3-5-14;/h1-9,12H,10-11H2;. The van der Waals surface area contributed by atoms with Gasteiger partial charge in [0.1, 0.15) is 0 Å². The third-order valence-electron chi connectivity index (χ3n) is 4.64. The van der Waals surface area contributed by atoms with Gasteiger partial charge in [0.05, 0.1) is 0 Å². The molecule has 2 nitrogen and oxygen atoms in total. The second-order valence-corrected chi connectivity index (χ2v) is 8.74. The van der Waals surface area contributed by atoms with E-state index >= 15 is 0 Å². The van der Waals surface area contributed by atoms with Crippen LogP contribution >= 0.6 is 15.9 Å². The van der Waals surface area contributed by atoms with Gasteiger partial charge in [-0.2, -0.15) is 0 Å². The van der Waals surface area contributed by atoms with Gasteiger partial charge in [-0.1, -0.05) is 0 Å². The van der Waals surface area contributed by atoms with Gasteiger partial charge in [-0.3, -0.25) is 0 Å². The normalized spacial score (nSPS) is 14.1. The topological polar surface area (TPSA) is 16.1 Å². The van der Waals surface area contributed by atoms with Crippen LogP contribution in [0.4, 0.5) is 18.9 Å². The second-order valence-electron chi connectivity index (χ2n) is 6.44. The monoisotopic (exact) mass is 614 g/mol. The molecule has 2 aromatic carbocycles. The molecule has 0 N–H and O–H groups in total. The number of fused-ring (bicyclic) bond motifs is 1. The SMILES string of the molecule is FC(F)(F)c1cc2c(c(-c3ccccc3)n1)[C](=[W])N(c1ccc(Br)cc1)CC2. The van der Waals surface area contributed by atoms with Crippen LogP contribution in [0.25, 0.3) is 11.3 Å². The van der Waals surface area contributed by atoms with E-state index < -0.39 is 11.9 Å². The summed E-state index contributed by atoms with van der Waals surface area (Å²) in [4.78, 5) is 6.23. The Morgan fingerprint density at radius 3 is 2.32 bits per heavy atom. The van der Waals surface area contributed by atoms with Crippen LogP contribution in [0, 0.1) is 0 Å². The Morgan fingerprint density at radius 1 is 1.00 bits per heavy atom. The van der Waals surface area contributed by atoms with Crippen LogP contribution in [0.2, 0.25) is 0 Å². The summed E-state index contributed by atoms with van der Waals surface area (Å²) in [6, 6.07) is 18.3. The van der Waals surface area contributed by atoms with Crippen LogP contribution < -0.4 is 4.90 Å². The van der Waals surface area contributed by atoms with E-state index in [4.69, 9.17) is 0 Å². The van der Waals surface area contributed by atoms with Crippen LogP contribution in [-0.4, -0.2) is 15.6 Å². The van der Waals surface area contributed by atoms with Crippen molar-refractivity contribution in [3.63, 3.8) is 0 Å². The summed E-state index contributed by atoms with van der Waals surface area (Å²) in [5, 5.41) is 0. The molecule has 0 amide bonds. The summed E-state index contributed by atoms with van der Waals surface area (Å²) < 4.78 is 42.3. The molecule has 0 fully saturated rings. The van der Waals surface area contributed by atoms with E-state index in [2.05, 4.69) is 25.8 Å². The van der Waals surface area contributed by atoms with Crippen molar-refractivity contribution in [3.8, 4) is 11.3 Å². The average molecular weight is 615 g/mol. The van der Waals surface area contributed by atoms with Crippen molar-refractivity contribution in [2.45, 2.75) is 12.6 Å². The molecule has 28 heavy (non-hydrogen) atoms. The fourth-order valence-electron chi connectivity index (χ4n) is 3.32. The van der Waals surface area contributed by atoms with Gasteiger partial charge in [0.25, 0.3) is 0 Å². The first-order chi connectivity index (χ1) is 13.3. The number of nitrogens with zero attached hydrogens (tertiary/aromatic N) is 2. The molecular formula is C21H14BrF3N2W. The molecule has 0 bridgehead atoms. The van der Waals surface area contributed by atoms with Crippen molar-refractivity contribution in [1.29, 1.82) is 0 Å². The first-order valence-electron chi connectivity index (χ1n) is 8.58. The van der Waals surface area contributed by atoms with Gasteiger partial charge in [-0.25, -0.2) is 0 Å².